The molecule has 0 atom stereocenters. The highest BCUT2D eigenvalue weighted by Crippen LogP contribution is 2.14. The lowest BCUT2D eigenvalue weighted by Crippen LogP contribution is -2.31. The summed E-state index contributed by atoms with van der Waals surface area (Å²) in [5.74, 6) is -0.428. The molecule has 0 aromatic heterocycles. The Balaban J connectivity index is 2.81. The first kappa shape index (κ1) is 14.9. The number of alkyl halides is 2. The van der Waals surface area contributed by atoms with Gasteiger partial charge in [-0.05, 0) is 23.3 Å². The summed E-state index contributed by atoms with van der Waals surface area (Å²) in [4.78, 5) is 1.37. The maximum atomic E-state index is 13.1. The van der Waals surface area contributed by atoms with Crippen molar-refractivity contribution in [3.05, 3.63) is 35.1 Å². The van der Waals surface area contributed by atoms with Gasteiger partial charge in [0, 0.05) is 19.6 Å². The minimum Gasteiger partial charge on any atom is -0.395 e. The van der Waals surface area contributed by atoms with Crippen LogP contribution in [0.5, 0.6) is 0 Å². The molecule has 0 heterocycles. The molecule has 0 unspecified atom stereocenters. The second-order valence-electron chi connectivity index (χ2n) is 3.97. The van der Waals surface area contributed by atoms with Crippen molar-refractivity contribution in [2.75, 3.05) is 19.7 Å². The van der Waals surface area contributed by atoms with E-state index >= 15 is 0 Å². The Bertz CT molecular complexity index is 374. The van der Waals surface area contributed by atoms with Crippen LogP contribution in [0.2, 0.25) is 0 Å². The SMILES string of the molecule is NCc1ccc(F)cc1CN(CCO)CC(F)F. The fraction of sp³-hybridized carbons (Fsp3) is 0.500. The van der Waals surface area contributed by atoms with Gasteiger partial charge in [0.2, 0.25) is 0 Å². The van der Waals surface area contributed by atoms with E-state index in [0.717, 1.165) is 0 Å². The average Bonchev–Trinajstić information content (AvgIpc) is 2.28. The van der Waals surface area contributed by atoms with Crippen LogP contribution in [0, 0.1) is 5.82 Å². The molecule has 0 fully saturated rings. The van der Waals surface area contributed by atoms with Crippen LogP contribution >= 0.6 is 0 Å². The Hall–Kier alpha value is -1.11. The maximum absolute atomic E-state index is 13.1. The summed E-state index contributed by atoms with van der Waals surface area (Å²) >= 11 is 0. The van der Waals surface area contributed by atoms with E-state index < -0.39 is 18.8 Å². The second-order valence-corrected chi connectivity index (χ2v) is 3.97. The monoisotopic (exact) mass is 262 g/mol. The van der Waals surface area contributed by atoms with E-state index in [1.807, 2.05) is 0 Å². The number of aliphatic hydroxyl groups is 1. The lowest BCUT2D eigenvalue weighted by atomic mass is 10.1. The zero-order valence-electron chi connectivity index (χ0n) is 9.95. The lowest BCUT2D eigenvalue weighted by Gasteiger charge is -2.22. The quantitative estimate of drug-likeness (QED) is 0.779. The van der Waals surface area contributed by atoms with Crippen LogP contribution in [0.3, 0.4) is 0 Å². The zero-order valence-corrected chi connectivity index (χ0v) is 9.95. The fourth-order valence-corrected chi connectivity index (χ4v) is 1.75. The van der Waals surface area contributed by atoms with E-state index in [-0.39, 0.29) is 26.2 Å². The van der Waals surface area contributed by atoms with Crippen LogP contribution < -0.4 is 5.73 Å². The lowest BCUT2D eigenvalue weighted by molar-refractivity contribution is 0.0745. The van der Waals surface area contributed by atoms with Crippen molar-refractivity contribution in [2.45, 2.75) is 19.5 Å². The minimum absolute atomic E-state index is 0.116. The van der Waals surface area contributed by atoms with Gasteiger partial charge >= 0.3 is 0 Å². The predicted molar refractivity (Wildman–Crippen MR) is 62.7 cm³/mol. The number of nitrogens with two attached hydrogens (primary N) is 1. The Morgan fingerprint density at radius 1 is 1.28 bits per heavy atom. The smallest absolute Gasteiger partial charge is 0.251 e. The molecule has 0 bridgehead atoms. The van der Waals surface area contributed by atoms with Crippen molar-refractivity contribution in [3.63, 3.8) is 0 Å². The molecule has 0 aliphatic carbocycles. The highest BCUT2D eigenvalue weighted by atomic mass is 19.3. The molecule has 0 aliphatic heterocycles. The van der Waals surface area contributed by atoms with Crippen molar-refractivity contribution >= 4 is 0 Å². The molecule has 3 nitrogen and oxygen atoms in total. The maximum Gasteiger partial charge on any atom is 0.251 e. The summed E-state index contributed by atoms with van der Waals surface area (Å²) in [6.07, 6.45) is -2.49. The topological polar surface area (TPSA) is 49.5 Å². The summed E-state index contributed by atoms with van der Waals surface area (Å²) in [7, 11) is 0. The number of halogens is 3. The number of benzene rings is 1. The van der Waals surface area contributed by atoms with Crippen LogP contribution in [-0.4, -0.2) is 36.1 Å². The van der Waals surface area contributed by atoms with Gasteiger partial charge < -0.3 is 10.8 Å². The van der Waals surface area contributed by atoms with E-state index in [2.05, 4.69) is 0 Å². The molecule has 0 radical (unpaired) electrons. The molecule has 0 saturated heterocycles. The van der Waals surface area contributed by atoms with Crippen molar-refractivity contribution in [1.82, 2.24) is 4.90 Å². The number of aliphatic hydroxyl groups excluding tert-OH is 1. The molecule has 0 spiro atoms. The first-order valence-electron chi connectivity index (χ1n) is 5.65. The van der Waals surface area contributed by atoms with Gasteiger partial charge in [-0.3, -0.25) is 4.90 Å². The molecule has 1 aromatic carbocycles. The summed E-state index contributed by atoms with van der Waals surface area (Å²) in [6, 6.07) is 4.12. The van der Waals surface area contributed by atoms with Crippen LogP contribution in [0.15, 0.2) is 18.2 Å². The van der Waals surface area contributed by atoms with Crippen LogP contribution in [0.25, 0.3) is 0 Å². The van der Waals surface area contributed by atoms with Crippen LogP contribution in [0.1, 0.15) is 11.1 Å². The van der Waals surface area contributed by atoms with E-state index in [1.54, 1.807) is 6.07 Å². The van der Waals surface area contributed by atoms with E-state index in [9.17, 15) is 13.2 Å². The first-order valence-corrected chi connectivity index (χ1v) is 5.65. The Labute approximate surface area is 104 Å². The molecule has 1 rings (SSSR count). The van der Waals surface area contributed by atoms with Gasteiger partial charge in [-0.1, -0.05) is 6.07 Å². The highest BCUT2D eigenvalue weighted by molar-refractivity contribution is 5.27. The molecule has 102 valence electrons. The minimum atomic E-state index is -2.49. The van der Waals surface area contributed by atoms with Crippen molar-refractivity contribution < 1.29 is 18.3 Å². The third-order valence-electron chi connectivity index (χ3n) is 2.59. The number of nitrogens with zero attached hydrogens (tertiary/aromatic N) is 1. The molecular weight excluding hydrogens is 245 g/mol. The van der Waals surface area contributed by atoms with E-state index in [4.69, 9.17) is 10.8 Å². The van der Waals surface area contributed by atoms with E-state index in [1.165, 1.54) is 17.0 Å². The molecule has 0 aliphatic rings. The van der Waals surface area contributed by atoms with Crippen molar-refractivity contribution in [3.8, 4) is 0 Å². The van der Waals surface area contributed by atoms with Gasteiger partial charge in [0.25, 0.3) is 6.43 Å². The molecule has 3 N–H and O–H groups in total. The van der Waals surface area contributed by atoms with Gasteiger partial charge in [0.05, 0.1) is 13.2 Å². The fourth-order valence-electron chi connectivity index (χ4n) is 1.75. The molecule has 1 aromatic rings. The summed E-state index contributed by atoms with van der Waals surface area (Å²) < 4.78 is 37.8. The third kappa shape index (κ3) is 4.64. The number of hydrogen-bond acceptors (Lipinski definition) is 3. The summed E-state index contributed by atoms with van der Waals surface area (Å²) in [5.41, 5.74) is 6.81. The average molecular weight is 262 g/mol. The summed E-state index contributed by atoms with van der Waals surface area (Å²) in [6.45, 7) is -0.196. The second kappa shape index (κ2) is 7.35. The number of rotatable bonds is 7. The third-order valence-corrected chi connectivity index (χ3v) is 2.59. The van der Waals surface area contributed by atoms with E-state index in [0.29, 0.717) is 11.1 Å². The van der Waals surface area contributed by atoms with Gasteiger partial charge in [-0.15, -0.1) is 0 Å². The largest absolute Gasteiger partial charge is 0.395 e. The van der Waals surface area contributed by atoms with Crippen LogP contribution in [-0.2, 0) is 13.1 Å². The van der Waals surface area contributed by atoms with Gasteiger partial charge in [0.15, 0.2) is 0 Å². The van der Waals surface area contributed by atoms with Crippen LogP contribution in [0.4, 0.5) is 13.2 Å². The Morgan fingerprint density at radius 2 is 2.00 bits per heavy atom. The summed E-state index contributed by atoms with van der Waals surface area (Å²) in [5, 5.41) is 8.82. The molecular formula is C12H17F3N2O. The number of hydrogen-bond donors (Lipinski definition) is 2. The normalized spacial score (nSPS) is 11.5. The molecule has 6 heteroatoms. The zero-order chi connectivity index (χ0) is 13.5. The predicted octanol–water partition coefficient (Wildman–Crippen LogP) is 1.34. The van der Waals surface area contributed by atoms with Crippen molar-refractivity contribution in [1.29, 1.82) is 0 Å². The van der Waals surface area contributed by atoms with Gasteiger partial charge in [-0.2, -0.15) is 0 Å². The molecule has 0 amide bonds. The van der Waals surface area contributed by atoms with Crippen molar-refractivity contribution in [2.24, 2.45) is 5.73 Å². The van der Waals surface area contributed by atoms with Gasteiger partial charge in [0.1, 0.15) is 5.82 Å². The molecule has 18 heavy (non-hydrogen) atoms. The first-order chi connectivity index (χ1) is 8.56. The van der Waals surface area contributed by atoms with Gasteiger partial charge in [-0.25, -0.2) is 13.2 Å². The standard InChI is InChI=1S/C12H17F3N2O/c13-11-2-1-9(6-16)10(5-11)7-17(3-4-18)8-12(14)15/h1-2,5,12,18H,3-4,6-8,16H2. The Kier molecular flexibility index (Phi) is 6.11. The highest BCUT2D eigenvalue weighted by Gasteiger charge is 2.14. The Morgan fingerprint density at radius 3 is 2.56 bits per heavy atom. The molecule has 0 saturated carbocycles.